The lowest BCUT2D eigenvalue weighted by molar-refractivity contribution is -0.122. The summed E-state index contributed by atoms with van der Waals surface area (Å²) in [7, 11) is 3.99. The third-order valence-corrected chi connectivity index (χ3v) is 4.76. The van der Waals surface area contributed by atoms with Crippen molar-refractivity contribution in [3.8, 4) is 0 Å². The molecule has 3 rings (SSSR count). The van der Waals surface area contributed by atoms with Gasteiger partial charge < -0.3 is 10.2 Å². The molecule has 0 aromatic heterocycles. The maximum Gasteiger partial charge on any atom is 0.225 e. The van der Waals surface area contributed by atoms with Crippen LogP contribution in [0.3, 0.4) is 0 Å². The molecule has 2 aliphatic rings. The average molecular weight is 312 g/mol. The van der Waals surface area contributed by atoms with Gasteiger partial charge in [-0.05, 0) is 29.5 Å². The number of rotatable bonds is 2. The lowest BCUT2D eigenvalue weighted by Crippen LogP contribution is -2.40. The zero-order chi connectivity index (χ0) is 16.8. The monoisotopic (exact) mass is 312 g/mol. The zero-order valence-corrected chi connectivity index (χ0v) is 14.3. The highest BCUT2D eigenvalue weighted by Gasteiger charge is 2.40. The third-order valence-electron chi connectivity index (χ3n) is 4.76. The summed E-state index contributed by atoms with van der Waals surface area (Å²) in [6.45, 7) is 4.16. The number of carbonyl (C=O) groups excluding carboxylic acids is 2. The number of nitrogens with one attached hydrogen (secondary N) is 1. The van der Waals surface area contributed by atoms with Gasteiger partial charge in [0.25, 0.3) is 0 Å². The van der Waals surface area contributed by atoms with E-state index in [1.54, 1.807) is 0 Å². The van der Waals surface area contributed by atoms with Crippen molar-refractivity contribution in [2.45, 2.75) is 39.0 Å². The van der Waals surface area contributed by atoms with Gasteiger partial charge in [-0.25, -0.2) is 0 Å². The van der Waals surface area contributed by atoms with E-state index in [9.17, 15) is 9.59 Å². The van der Waals surface area contributed by atoms with Gasteiger partial charge in [0.05, 0.1) is 0 Å². The van der Waals surface area contributed by atoms with Crippen molar-refractivity contribution in [2.24, 2.45) is 5.41 Å². The smallest absolute Gasteiger partial charge is 0.225 e. The lowest BCUT2D eigenvalue weighted by Gasteiger charge is -2.37. The van der Waals surface area contributed by atoms with E-state index in [1.807, 2.05) is 43.3 Å². The summed E-state index contributed by atoms with van der Waals surface area (Å²) in [4.78, 5) is 26.9. The molecule has 1 aromatic rings. The predicted octanol–water partition coefficient (Wildman–Crippen LogP) is 3.00. The second-order valence-corrected chi connectivity index (χ2v) is 7.62. The number of benzene rings is 1. The number of nitrogens with zero attached hydrogens (tertiary/aromatic N) is 1. The summed E-state index contributed by atoms with van der Waals surface area (Å²) in [5.74, 6) is 0.0763. The third kappa shape index (κ3) is 3.03. The number of hydrogen-bond acceptors (Lipinski definition) is 3. The summed E-state index contributed by atoms with van der Waals surface area (Å²) in [6, 6.07) is 8.16. The molecule has 122 valence electrons. The first-order chi connectivity index (χ1) is 10.8. The summed E-state index contributed by atoms with van der Waals surface area (Å²) < 4.78 is 0. The van der Waals surface area contributed by atoms with Crippen molar-refractivity contribution >= 4 is 17.4 Å². The first-order valence-corrected chi connectivity index (χ1v) is 8.10. The van der Waals surface area contributed by atoms with Crippen LogP contribution in [0, 0.1) is 5.41 Å². The normalized spacial score (nSPS) is 23.4. The Labute approximate surface area is 137 Å². The van der Waals surface area contributed by atoms with Gasteiger partial charge in [-0.1, -0.05) is 26.0 Å². The van der Waals surface area contributed by atoms with Crippen LogP contribution in [-0.4, -0.2) is 25.8 Å². The Morgan fingerprint density at radius 2 is 1.74 bits per heavy atom. The molecule has 1 aromatic carbocycles. The van der Waals surface area contributed by atoms with E-state index >= 15 is 0 Å². The van der Waals surface area contributed by atoms with E-state index in [0.29, 0.717) is 12.8 Å². The van der Waals surface area contributed by atoms with Gasteiger partial charge in [-0.3, -0.25) is 9.59 Å². The molecule has 1 N–H and O–H groups in total. The molecule has 0 saturated carbocycles. The molecule has 0 spiro atoms. The summed E-state index contributed by atoms with van der Waals surface area (Å²) in [5.41, 5.74) is 3.73. The van der Waals surface area contributed by atoms with Crippen LogP contribution < -0.4 is 10.2 Å². The fourth-order valence-electron chi connectivity index (χ4n) is 3.65. The van der Waals surface area contributed by atoms with E-state index in [-0.39, 0.29) is 23.0 Å². The number of carbonyl (C=O) groups is 2. The molecule has 0 unspecified atom stereocenters. The zero-order valence-electron chi connectivity index (χ0n) is 14.3. The predicted molar refractivity (Wildman–Crippen MR) is 91.3 cm³/mol. The minimum Gasteiger partial charge on any atom is -0.378 e. The number of amides is 1. The SMILES string of the molecule is CN(C)c1ccc([C@H]2CC(=O)NC3=C2C(=O)CC(C)(C)C3)cc1. The van der Waals surface area contributed by atoms with Crippen molar-refractivity contribution in [2.75, 3.05) is 19.0 Å². The summed E-state index contributed by atoms with van der Waals surface area (Å²) in [6.07, 6.45) is 1.66. The molecular formula is C19H24N2O2. The molecule has 1 aliphatic heterocycles. The molecule has 4 nitrogen and oxygen atoms in total. The van der Waals surface area contributed by atoms with Crippen LogP contribution in [0.5, 0.6) is 0 Å². The maximum absolute atomic E-state index is 12.7. The van der Waals surface area contributed by atoms with Gasteiger partial charge in [0.2, 0.25) is 5.91 Å². The van der Waals surface area contributed by atoms with E-state index in [4.69, 9.17) is 0 Å². The van der Waals surface area contributed by atoms with Crippen LogP contribution in [0.4, 0.5) is 5.69 Å². The van der Waals surface area contributed by atoms with Crippen LogP contribution >= 0.6 is 0 Å². The Morgan fingerprint density at radius 3 is 2.35 bits per heavy atom. The summed E-state index contributed by atoms with van der Waals surface area (Å²) in [5, 5.41) is 2.95. The molecular weight excluding hydrogens is 288 g/mol. The van der Waals surface area contributed by atoms with E-state index in [1.165, 1.54) is 0 Å². The van der Waals surface area contributed by atoms with Crippen molar-refractivity contribution in [3.63, 3.8) is 0 Å². The van der Waals surface area contributed by atoms with Gasteiger partial charge in [0, 0.05) is 49.8 Å². The van der Waals surface area contributed by atoms with Gasteiger partial charge in [-0.2, -0.15) is 0 Å². The highest BCUT2D eigenvalue weighted by Crippen LogP contribution is 2.43. The van der Waals surface area contributed by atoms with Crippen LogP contribution in [0.15, 0.2) is 35.5 Å². The van der Waals surface area contributed by atoms with Crippen LogP contribution in [0.25, 0.3) is 0 Å². The molecule has 0 bridgehead atoms. The molecule has 0 fully saturated rings. The minimum absolute atomic E-state index is 0.0101. The van der Waals surface area contributed by atoms with Crippen LogP contribution in [0.1, 0.15) is 44.6 Å². The number of anilines is 1. The second kappa shape index (κ2) is 5.52. The van der Waals surface area contributed by atoms with E-state index < -0.39 is 0 Å². The minimum atomic E-state index is -0.112. The first-order valence-electron chi connectivity index (χ1n) is 8.10. The van der Waals surface area contributed by atoms with Crippen molar-refractivity contribution in [1.82, 2.24) is 5.32 Å². The lowest BCUT2D eigenvalue weighted by atomic mass is 9.70. The second-order valence-electron chi connectivity index (χ2n) is 7.62. The van der Waals surface area contributed by atoms with Crippen LogP contribution in [-0.2, 0) is 9.59 Å². The first kappa shape index (κ1) is 15.8. The standard InChI is InChI=1S/C19H24N2O2/c1-19(2)10-15-18(16(22)11-19)14(9-17(23)20-15)12-5-7-13(8-6-12)21(3)4/h5-8,14H,9-11H2,1-4H3,(H,20,23)/t14-/m1/s1. The van der Waals surface area contributed by atoms with Gasteiger partial charge >= 0.3 is 0 Å². The number of ketones is 1. The highest BCUT2D eigenvalue weighted by atomic mass is 16.2. The summed E-state index contributed by atoms with van der Waals surface area (Å²) >= 11 is 0. The fraction of sp³-hybridized carbons (Fsp3) is 0.474. The van der Waals surface area contributed by atoms with Crippen molar-refractivity contribution in [3.05, 3.63) is 41.1 Å². The number of hydrogen-bond donors (Lipinski definition) is 1. The largest absolute Gasteiger partial charge is 0.378 e. The van der Waals surface area contributed by atoms with E-state index in [0.717, 1.165) is 28.9 Å². The Bertz CT molecular complexity index is 684. The number of allylic oxidation sites excluding steroid dienone is 2. The molecule has 1 atom stereocenters. The number of Topliss-reactive ketones (excluding diaryl/α,β-unsaturated/α-hetero) is 1. The van der Waals surface area contributed by atoms with Gasteiger partial charge in [0.15, 0.2) is 5.78 Å². The van der Waals surface area contributed by atoms with E-state index in [2.05, 4.69) is 19.2 Å². The highest BCUT2D eigenvalue weighted by molar-refractivity contribution is 6.02. The molecule has 1 aliphatic carbocycles. The Kier molecular flexibility index (Phi) is 3.78. The fourth-order valence-corrected chi connectivity index (χ4v) is 3.65. The molecule has 0 saturated heterocycles. The van der Waals surface area contributed by atoms with Crippen molar-refractivity contribution in [1.29, 1.82) is 0 Å². The Morgan fingerprint density at radius 1 is 1.09 bits per heavy atom. The Hall–Kier alpha value is -2.10. The quantitative estimate of drug-likeness (QED) is 0.913. The molecule has 1 amide bonds. The van der Waals surface area contributed by atoms with Gasteiger partial charge in [-0.15, -0.1) is 0 Å². The molecule has 1 heterocycles. The van der Waals surface area contributed by atoms with Crippen LogP contribution in [0.2, 0.25) is 0 Å². The Balaban J connectivity index is 2.01. The van der Waals surface area contributed by atoms with Crippen molar-refractivity contribution < 1.29 is 9.59 Å². The maximum atomic E-state index is 12.7. The molecule has 23 heavy (non-hydrogen) atoms. The molecule has 0 radical (unpaired) electrons. The average Bonchev–Trinajstić information content (AvgIpc) is 2.44. The topological polar surface area (TPSA) is 49.4 Å². The van der Waals surface area contributed by atoms with Gasteiger partial charge in [0.1, 0.15) is 0 Å². The molecule has 4 heteroatoms.